The quantitative estimate of drug-likeness (QED) is 0.865. The highest BCUT2D eigenvalue weighted by Gasteiger charge is 2.31. The molecule has 1 unspecified atom stereocenters. The zero-order chi connectivity index (χ0) is 12.4. The zero-order valence-electron chi connectivity index (χ0n) is 10.9. The van der Waals surface area contributed by atoms with Crippen LogP contribution in [0.25, 0.3) is 0 Å². The molecule has 18 heavy (non-hydrogen) atoms. The highest BCUT2D eigenvalue weighted by Crippen LogP contribution is 2.32. The highest BCUT2D eigenvalue weighted by molar-refractivity contribution is 4.98. The third-order valence-electron chi connectivity index (χ3n) is 3.91. The molecular weight excluding hydrogens is 230 g/mol. The Balaban J connectivity index is 1.49. The molecule has 0 radical (unpaired) electrons. The van der Waals surface area contributed by atoms with Crippen LogP contribution in [-0.2, 0) is 11.2 Å². The van der Waals surface area contributed by atoms with Crippen molar-refractivity contribution in [3.63, 3.8) is 0 Å². The fraction of sp³-hybridized carbons (Fsp3) is 0.846. The van der Waals surface area contributed by atoms with Crippen LogP contribution < -0.4 is 5.32 Å². The van der Waals surface area contributed by atoms with E-state index in [1.165, 1.54) is 6.42 Å². The van der Waals surface area contributed by atoms with Gasteiger partial charge in [-0.05, 0) is 45.1 Å². The van der Waals surface area contributed by atoms with Crippen molar-refractivity contribution in [2.75, 3.05) is 13.2 Å². The lowest BCUT2D eigenvalue weighted by Gasteiger charge is -2.33. The van der Waals surface area contributed by atoms with Crippen molar-refractivity contribution in [2.45, 2.75) is 51.2 Å². The molecule has 1 aromatic rings. The second-order valence-electron chi connectivity index (χ2n) is 5.31. The minimum atomic E-state index is 0.306. The zero-order valence-corrected chi connectivity index (χ0v) is 10.9. The lowest BCUT2D eigenvalue weighted by molar-refractivity contribution is -0.0258. The van der Waals surface area contributed by atoms with E-state index in [2.05, 4.69) is 15.5 Å². The van der Waals surface area contributed by atoms with Crippen LogP contribution in [0.2, 0.25) is 0 Å². The van der Waals surface area contributed by atoms with Crippen LogP contribution in [0.15, 0.2) is 4.52 Å². The summed E-state index contributed by atoms with van der Waals surface area (Å²) >= 11 is 0. The molecule has 2 heterocycles. The van der Waals surface area contributed by atoms with E-state index in [4.69, 9.17) is 9.26 Å². The number of nitrogens with one attached hydrogen (secondary N) is 1. The average Bonchev–Trinajstić information content (AvgIpc) is 2.96. The fourth-order valence-electron chi connectivity index (χ4n) is 2.86. The second kappa shape index (κ2) is 5.36. The van der Waals surface area contributed by atoms with E-state index in [0.717, 1.165) is 50.6 Å². The van der Waals surface area contributed by atoms with E-state index in [1.54, 1.807) is 0 Å². The maximum absolute atomic E-state index is 5.56. The summed E-state index contributed by atoms with van der Waals surface area (Å²) in [6.45, 7) is 3.93. The first kappa shape index (κ1) is 12.1. The average molecular weight is 251 g/mol. The van der Waals surface area contributed by atoms with Crippen LogP contribution in [0.1, 0.15) is 50.4 Å². The molecule has 0 amide bonds. The smallest absolute Gasteiger partial charge is 0.226 e. The maximum atomic E-state index is 5.56. The molecule has 1 saturated carbocycles. The van der Waals surface area contributed by atoms with Gasteiger partial charge in [-0.15, -0.1) is 0 Å². The normalized spacial score (nSPS) is 31.5. The van der Waals surface area contributed by atoms with Gasteiger partial charge in [0.1, 0.15) is 0 Å². The second-order valence-corrected chi connectivity index (χ2v) is 5.31. The van der Waals surface area contributed by atoms with Crippen molar-refractivity contribution in [3.8, 4) is 0 Å². The van der Waals surface area contributed by atoms with Crippen LogP contribution in [0.5, 0.6) is 0 Å². The molecule has 1 aromatic heterocycles. The Kier molecular flexibility index (Phi) is 3.61. The first-order valence-corrected chi connectivity index (χ1v) is 7.02. The summed E-state index contributed by atoms with van der Waals surface area (Å²) in [4.78, 5) is 4.50. The van der Waals surface area contributed by atoms with Crippen molar-refractivity contribution < 1.29 is 9.26 Å². The van der Waals surface area contributed by atoms with Gasteiger partial charge in [0.15, 0.2) is 5.82 Å². The fourth-order valence-corrected chi connectivity index (χ4v) is 2.86. The van der Waals surface area contributed by atoms with E-state index in [1.807, 2.05) is 6.92 Å². The predicted octanol–water partition coefficient (Wildman–Crippen LogP) is 1.85. The summed E-state index contributed by atoms with van der Waals surface area (Å²) in [5.41, 5.74) is 0. The molecule has 5 heteroatoms. The molecule has 1 aliphatic heterocycles. The topological polar surface area (TPSA) is 60.2 Å². The third-order valence-corrected chi connectivity index (χ3v) is 3.91. The van der Waals surface area contributed by atoms with Gasteiger partial charge in [0, 0.05) is 13.0 Å². The molecule has 1 atom stereocenters. The van der Waals surface area contributed by atoms with E-state index in [9.17, 15) is 0 Å². The first-order chi connectivity index (χ1) is 8.85. The molecule has 0 aromatic carbocycles. The Bertz CT molecular complexity index is 381. The summed E-state index contributed by atoms with van der Waals surface area (Å²) in [5, 5.41) is 7.47. The summed E-state index contributed by atoms with van der Waals surface area (Å²) in [7, 11) is 0. The molecule has 5 nitrogen and oxygen atoms in total. The van der Waals surface area contributed by atoms with Gasteiger partial charge in [0.05, 0.1) is 12.1 Å². The maximum Gasteiger partial charge on any atom is 0.226 e. The minimum absolute atomic E-state index is 0.306. The van der Waals surface area contributed by atoms with Gasteiger partial charge in [0.2, 0.25) is 5.89 Å². The molecule has 0 spiro atoms. The van der Waals surface area contributed by atoms with Gasteiger partial charge in [-0.1, -0.05) is 5.16 Å². The molecule has 1 saturated heterocycles. The molecule has 100 valence electrons. The Labute approximate surface area is 107 Å². The van der Waals surface area contributed by atoms with Gasteiger partial charge in [-0.3, -0.25) is 0 Å². The number of nitrogens with zero attached hydrogens (tertiary/aromatic N) is 2. The standard InChI is InChI=1S/C13H21N3O2/c1-2-17-10-6-9(7-10)8-12-15-13(16-18-12)11-4-3-5-14-11/h9-11,14H,2-8H2,1H3. The van der Waals surface area contributed by atoms with Crippen LogP contribution in [0, 0.1) is 5.92 Å². The summed E-state index contributed by atoms with van der Waals surface area (Å²) in [5.74, 6) is 2.29. The van der Waals surface area contributed by atoms with Gasteiger partial charge >= 0.3 is 0 Å². The van der Waals surface area contributed by atoms with E-state index in [-0.39, 0.29) is 0 Å². The van der Waals surface area contributed by atoms with Gasteiger partial charge in [-0.25, -0.2) is 0 Å². The first-order valence-electron chi connectivity index (χ1n) is 7.02. The van der Waals surface area contributed by atoms with Gasteiger partial charge in [-0.2, -0.15) is 4.98 Å². The van der Waals surface area contributed by atoms with Crippen molar-refractivity contribution >= 4 is 0 Å². The summed E-state index contributed by atoms with van der Waals surface area (Å²) in [6.07, 6.45) is 5.95. The van der Waals surface area contributed by atoms with Crippen LogP contribution >= 0.6 is 0 Å². The van der Waals surface area contributed by atoms with Gasteiger partial charge < -0.3 is 14.6 Å². The molecule has 2 aliphatic rings. The number of hydrogen-bond donors (Lipinski definition) is 1. The number of hydrogen-bond acceptors (Lipinski definition) is 5. The van der Waals surface area contributed by atoms with Crippen molar-refractivity contribution in [3.05, 3.63) is 11.7 Å². The molecule has 3 rings (SSSR count). The summed E-state index contributed by atoms with van der Waals surface area (Å²) < 4.78 is 10.9. The highest BCUT2D eigenvalue weighted by atomic mass is 16.5. The van der Waals surface area contributed by atoms with Crippen LogP contribution in [0.4, 0.5) is 0 Å². The summed E-state index contributed by atoms with van der Waals surface area (Å²) in [6, 6.07) is 0.306. The Morgan fingerprint density at radius 1 is 1.44 bits per heavy atom. The van der Waals surface area contributed by atoms with E-state index in [0.29, 0.717) is 18.1 Å². The molecular formula is C13H21N3O2. The molecule has 0 bridgehead atoms. The van der Waals surface area contributed by atoms with E-state index < -0.39 is 0 Å². The Hall–Kier alpha value is -0.940. The third kappa shape index (κ3) is 2.57. The lowest BCUT2D eigenvalue weighted by Crippen LogP contribution is -2.32. The number of rotatable bonds is 5. The SMILES string of the molecule is CCOC1CC(Cc2nc(C3CCCN3)no2)C1. The largest absolute Gasteiger partial charge is 0.378 e. The van der Waals surface area contributed by atoms with Gasteiger partial charge in [0.25, 0.3) is 0 Å². The monoisotopic (exact) mass is 251 g/mol. The van der Waals surface area contributed by atoms with Crippen molar-refractivity contribution in [1.29, 1.82) is 0 Å². The van der Waals surface area contributed by atoms with Crippen LogP contribution in [-0.4, -0.2) is 29.4 Å². The molecule has 1 aliphatic carbocycles. The van der Waals surface area contributed by atoms with Crippen molar-refractivity contribution in [2.24, 2.45) is 5.92 Å². The Morgan fingerprint density at radius 3 is 3.06 bits per heavy atom. The van der Waals surface area contributed by atoms with Crippen molar-refractivity contribution in [1.82, 2.24) is 15.5 Å². The molecule has 2 fully saturated rings. The minimum Gasteiger partial charge on any atom is -0.378 e. The predicted molar refractivity (Wildman–Crippen MR) is 66.1 cm³/mol. The van der Waals surface area contributed by atoms with Crippen LogP contribution in [0.3, 0.4) is 0 Å². The van der Waals surface area contributed by atoms with E-state index >= 15 is 0 Å². The number of aromatic nitrogens is 2. The molecule has 1 N–H and O–H groups in total. The Morgan fingerprint density at radius 2 is 2.33 bits per heavy atom. The number of ether oxygens (including phenoxy) is 1. The lowest BCUT2D eigenvalue weighted by atomic mass is 9.80.